The lowest BCUT2D eigenvalue weighted by Gasteiger charge is -2.34. The van der Waals surface area contributed by atoms with Crippen LogP contribution >= 0.6 is 0 Å². The zero-order chi connectivity index (χ0) is 30.2. The number of fused-ring (bicyclic) bond motifs is 1. The molecule has 13 heteroatoms. The molecule has 1 N–H and O–H groups in total. The van der Waals surface area contributed by atoms with Crippen LogP contribution in [-0.2, 0) is 27.4 Å². The number of nitrogens with one attached hydrogen (secondary N) is 1. The Labute approximate surface area is 247 Å². The number of pyridine rings is 1. The molecule has 2 atom stereocenters. The van der Waals surface area contributed by atoms with Crippen LogP contribution in [0.1, 0.15) is 30.4 Å². The summed E-state index contributed by atoms with van der Waals surface area (Å²) in [5.74, 6) is 0.986. The number of piperidine rings is 1. The number of carbonyl (C=O) groups is 1. The van der Waals surface area contributed by atoms with Gasteiger partial charge in [0, 0.05) is 75.1 Å². The molecule has 4 heterocycles. The Kier molecular flexibility index (Phi) is 7.94. The van der Waals surface area contributed by atoms with Gasteiger partial charge < -0.3 is 19.7 Å². The minimum absolute atomic E-state index is 0.0431. The van der Waals surface area contributed by atoms with Gasteiger partial charge in [0.25, 0.3) is 5.91 Å². The third-order valence-corrected chi connectivity index (χ3v) is 9.92. The predicted molar refractivity (Wildman–Crippen MR) is 151 cm³/mol. The lowest BCUT2D eigenvalue weighted by Crippen LogP contribution is -2.44. The van der Waals surface area contributed by atoms with E-state index in [2.05, 4.69) is 15.2 Å². The van der Waals surface area contributed by atoms with Crippen LogP contribution in [0.5, 0.6) is 11.5 Å². The highest BCUT2D eigenvalue weighted by Gasteiger charge is 2.36. The molecule has 6 rings (SSSR count). The summed E-state index contributed by atoms with van der Waals surface area (Å²) in [4.78, 5) is 19.1. The number of sulfonamides is 1. The minimum Gasteiger partial charge on any atom is -0.490 e. The van der Waals surface area contributed by atoms with Crippen LogP contribution in [0.3, 0.4) is 0 Å². The molecule has 0 spiro atoms. The number of halogens is 3. The monoisotopic (exact) mass is 616 g/mol. The summed E-state index contributed by atoms with van der Waals surface area (Å²) in [6.45, 7) is 1.80. The highest BCUT2D eigenvalue weighted by molar-refractivity contribution is 7.89. The first-order valence-corrected chi connectivity index (χ1v) is 15.6. The predicted octanol–water partition coefficient (Wildman–Crippen LogP) is 4.03. The first-order valence-electron chi connectivity index (χ1n) is 14.2. The molecule has 3 aliphatic rings. The van der Waals surface area contributed by atoms with Crippen LogP contribution in [0.25, 0.3) is 0 Å². The number of anilines is 1. The Bertz CT molecular complexity index is 1560. The van der Waals surface area contributed by atoms with Gasteiger partial charge >= 0.3 is 6.18 Å². The number of ether oxygens (including phenoxy) is 2. The second kappa shape index (κ2) is 11.7. The van der Waals surface area contributed by atoms with Gasteiger partial charge in [-0.1, -0.05) is 0 Å². The molecule has 3 aliphatic heterocycles. The van der Waals surface area contributed by atoms with Gasteiger partial charge in [-0.15, -0.1) is 0 Å². The first-order chi connectivity index (χ1) is 20.6. The number of hydrogen-bond acceptors (Lipinski definition) is 7. The van der Waals surface area contributed by atoms with Crippen molar-refractivity contribution in [2.75, 3.05) is 31.1 Å². The van der Waals surface area contributed by atoms with Crippen molar-refractivity contribution < 1.29 is 35.9 Å². The van der Waals surface area contributed by atoms with Gasteiger partial charge in [-0.3, -0.25) is 9.78 Å². The van der Waals surface area contributed by atoms with E-state index in [1.807, 2.05) is 6.07 Å². The van der Waals surface area contributed by atoms with Crippen molar-refractivity contribution in [3.63, 3.8) is 0 Å². The van der Waals surface area contributed by atoms with Crippen LogP contribution in [0.2, 0.25) is 0 Å². The summed E-state index contributed by atoms with van der Waals surface area (Å²) in [5, 5.41) is 2.94. The van der Waals surface area contributed by atoms with E-state index in [1.165, 1.54) is 34.9 Å². The number of nitrogens with zero attached hydrogens (tertiary/aromatic N) is 3. The van der Waals surface area contributed by atoms with E-state index in [-0.39, 0.29) is 29.5 Å². The fourth-order valence-electron chi connectivity index (χ4n) is 5.74. The summed E-state index contributed by atoms with van der Waals surface area (Å²) < 4.78 is 77.8. The van der Waals surface area contributed by atoms with Crippen LogP contribution in [-0.4, -0.2) is 68.0 Å². The SMILES string of the molecule is O=C(N[C@@H]1CCN(S(=O)(=O)c2cccnc2)C1)C1Cc2cc(OC3CCN(c4ccc(C(F)(F)F)cc4)CC3)ccc2O1. The van der Waals surface area contributed by atoms with Gasteiger partial charge in [-0.05, 0) is 61.0 Å². The zero-order valence-electron chi connectivity index (χ0n) is 23.2. The van der Waals surface area contributed by atoms with Crippen molar-refractivity contribution >= 4 is 21.6 Å². The molecule has 0 aliphatic carbocycles. The molecule has 0 bridgehead atoms. The molecule has 0 saturated carbocycles. The van der Waals surface area contributed by atoms with Gasteiger partial charge in [0.1, 0.15) is 22.5 Å². The lowest BCUT2D eigenvalue weighted by molar-refractivity contribution is -0.137. The van der Waals surface area contributed by atoms with Crippen molar-refractivity contribution in [1.82, 2.24) is 14.6 Å². The molecule has 43 heavy (non-hydrogen) atoms. The van der Waals surface area contributed by atoms with E-state index in [4.69, 9.17) is 9.47 Å². The number of rotatable bonds is 7. The Hall–Kier alpha value is -3.84. The topological polar surface area (TPSA) is 101 Å². The number of carbonyl (C=O) groups excluding carboxylic acids is 1. The lowest BCUT2D eigenvalue weighted by atomic mass is 10.1. The normalized spacial score (nSPS) is 21.3. The number of benzene rings is 2. The summed E-state index contributed by atoms with van der Waals surface area (Å²) in [6.07, 6.45) is 0.0149. The average Bonchev–Trinajstić information content (AvgIpc) is 3.65. The van der Waals surface area contributed by atoms with E-state index in [0.717, 1.165) is 23.4 Å². The van der Waals surface area contributed by atoms with Crippen molar-refractivity contribution in [2.45, 2.75) is 55.0 Å². The Morgan fingerprint density at radius 3 is 2.49 bits per heavy atom. The third kappa shape index (κ3) is 6.42. The number of hydrogen-bond donors (Lipinski definition) is 1. The average molecular weight is 617 g/mol. The fraction of sp³-hybridized carbons (Fsp3) is 0.400. The van der Waals surface area contributed by atoms with Crippen molar-refractivity contribution in [3.05, 3.63) is 78.1 Å². The second-order valence-electron chi connectivity index (χ2n) is 11.0. The van der Waals surface area contributed by atoms with Crippen LogP contribution in [0.4, 0.5) is 18.9 Å². The molecule has 228 valence electrons. The summed E-state index contributed by atoms with van der Waals surface area (Å²) in [7, 11) is -3.68. The summed E-state index contributed by atoms with van der Waals surface area (Å²) >= 11 is 0. The van der Waals surface area contributed by atoms with Gasteiger partial charge in [-0.2, -0.15) is 17.5 Å². The Balaban J connectivity index is 0.984. The van der Waals surface area contributed by atoms with E-state index in [0.29, 0.717) is 56.8 Å². The highest BCUT2D eigenvalue weighted by atomic mass is 32.2. The van der Waals surface area contributed by atoms with Crippen LogP contribution in [0.15, 0.2) is 71.9 Å². The molecule has 9 nitrogen and oxygen atoms in total. The van der Waals surface area contributed by atoms with E-state index in [9.17, 15) is 26.4 Å². The largest absolute Gasteiger partial charge is 0.490 e. The van der Waals surface area contributed by atoms with Crippen LogP contribution < -0.4 is 19.7 Å². The number of amides is 1. The minimum atomic E-state index is -4.35. The summed E-state index contributed by atoms with van der Waals surface area (Å²) in [6, 6.07) is 13.4. The molecular formula is C30H31F3N4O5S. The second-order valence-corrected chi connectivity index (χ2v) is 12.9. The standard InChI is InChI=1S/C30H31F3N4O5S/c31-30(32,33)21-3-5-23(6-4-21)36-13-10-24(11-14-36)41-25-7-8-27-20(16-25)17-28(42-27)29(38)35-22-9-15-37(19-22)43(39,40)26-2-1-12-34-18-26/h1-8,12,16,18,22,24,28H,9-11,13-15,17,19H2,(H,35,38)/t22-,28?/m1/s1. The number of alkyl halides is 3. The molecule has 2 saturated heterocycles. The summed E-state index contributed by atoms with van der Waals surface area (Å²) in [5.41, 5.74) is 0.949. The van der Waals surface area contributed by atoms with E-state index in [1.54, 1.807) is 18.2 Å². The molecule has 0 radical (unpaired) electrons. The molecule has 1 amide bonds. The molecule has 1 aromatic heterocycles. The van der Waals surface area contributed by atoms with Crippen molar-refractivity contribution in [2.24, 2.45) is 0 Å². The van der Waals surface area contributed by atoms with Crippen molar-refractivity contribution in [1.29, 1.82) is 0 Å². The number of aromatic nitrogens is 1. The smallest absolute Gasteiger partial charge is 0.416 e. The fourth-order valence-corrected chi connectivity index (χ4v) is 7.20. The van der Waals surface area contributed by atoms with E-state index >= 15 is 0 Å². The quantitative estimate of drug-likeness (QED) is 0.428. The maximum absolute atomic E-state index is 13.0. The Morgan fingerprint density at radius 1 is 1.02 bits per heavy atom. The van der Waals surface area contributed by atoms with Gasteiger partial charge in [-0.25, -0.2) is 8.42 Å². The molecule has 3 aromatic rings. The molecule has 2 fully saturated rings. The Morgan fingerprint density at radius 2 is 1.79 bits per heavy atom. The zero-order valence-corrected chi connectivity index (χ0v) is 24.0. The first kappa shape index (κ1) is 29.2. The molecule has 2 aromatic carbocycles. The maximum Gasteiger partial charge on any atom is 0.416 e. The van der Waals surface area contributed by atoms with Crippen LogP contribution in [0, 0.1) is 0 Å². The molecular weight excluding hydrogens is 585 g/mol. The van der Waals surface area contributed by atoms with Crippen molar-refractivity contribution in [3.8, 4) is 11.5 Å². The third-order valence-electron chi connectivity index (χ3n) is 8.07. The van der Waals surface area contributed by atoms with Gasteiger partial charge in [0.05, 0.1) is 5.56 Å². The maximum atomic E-state index is 13.0. The molecule has 1 unspecified atom stereocenters. The van der Waals surface area contributed by atoms with E-state index < -0.39 is 27.9 Å². The highest BCUT2D eigenvalue weighted by Crippen LogP contribution is 2.34. The van der Waals surface area contributed by atoms with Gasteiger partial charge in [0.2, 0.25) is 10.0 Å². The van der Waals surface area contributed by atoms with Gasteiger partial charge in [0.15, 0.2) is 6.10 Å².